The van der Waals surface area contributed by atoms with E-state index in [9.17, 15) is 0 Å². The average molecular weight is 279 g/mol. The minimum absolute atomic E-state index is 0.531. The average Bonchev–Trinajstić information content (AvgIpc) is 2.89. The van der Waals surface area contributed by atoms with Crippen LogP contribution in [-0.4, -0.2) is 19.7 Å². The maximum absolute atomic E-state index is 6.25. The molecule has 0 amide bonds. The highest BCUT2D eigenvalue weighted by Gasteiger charge is 2.13. The van der Waals surface area contributed by atoms with E-state index < -0.39 is 0 Å². The Kier molecular flexibility index (Phi) is 2.80. The maximum Gasteiger partial charge on any atom is 0.153 e. The first-order valence-corrected chi connectivity index (χ1v) is 6.74. The molecule has 0 radical (unpaired) electrons. The van der Waals surface area contributed by atoms with Crippen molar-refractivity contribution >= 4 is 33.2 Å². The summed E-state index contributed by atoms with van der Waals surface area (Å²) in [6.45, 7) is 4.67. The SMILES string of the molecule is Cc1sc2nc(Cn3cccn3)nc(Cl)c2c1C. The number of aryl methyl sites for hydroxylation is 2. The van der Waals surface area contributed by atoms with Gasteiger partial charge in [0.15, 0.2) is 5.82 Å². The number of aromatic nitrogens is 4. The largest absolute Gasteiger partial charge is 0.265 e. The molecule has 0 unspecified atom stereocenters. The standard InChI is InChI=1S/C12H11ClN4S/c1-7-8(2)18-12-10(7)11(13)15-9(16-12)6-17-5-3-4-14-17/h3-5H,6H2,1-2H3. The summed E-state index contributed by atoms with van der Waals surface area (Å²) in [5.41, 5.74) is 1.17. The predicted octanol–water partition coefficient (Wildman–Crippen LogP) is 3.21. The van der Waals surface area contributed by atoms with E-state index in [1.54, 1.807) is 22.2 Å². The lowest BCUT2D eigenvalue weighted by molar-refractivity contribution is 0.658. The van der Waals surface area contributed by atoms with Crippen LogP contribution in [0.1, 0.15) is 16.3 Å². The zero-order chi connectivity index (χ0) is 12.7. The smallest absolute Gasteiger partial charge is 0.153 e. The van der Waals surface area contributed by atoms with E-state index in [4.69, 9.17) is 11.6 Å². The molecular weight excluding hydrogens is 268 g/mol. The van der Waals surface area contributed by atoms with Crippen molar-refractivity contribution in [2.24, 2.45) is 0 Å². The summed E-state index contributed by atoms with van der Waals surface area (Å²) in [7, 11) is 0. The van der Waals surface area contributed by atoms with Crippen LogP contribution in [0.5, 0.6) is 0 Å². The van der Waals surface area contributed by atoms with Crippen LogP contribution >= 0.6 is 22.9 Å². The molecule has 0 aliphatic carbocycles. The van der Waals surface area contributed by atoms with E-state index in [1.807, 2.05) is 12.3 Å². The van der Waals surface area contributed by atoms with Crippen molar-refractivity contribution in [3.63, 3.8) is 0 Å². The molecular formula is C12H11ClN4S. The van der Waals surface area contributed by atoms with Crippen molar-refractivity contribution in [2.75, 3.05) is 0 Å². The maximum atomic E-state index is 6.25. The van der Waals surface area contributed by atoms with Gasteiger partial charge in [-0.1, -0.05) is 11.6 Å². The molecule has 0 aromatic carbocycles. The van der Waals surface area contributed by atoms with Gasteiger partial charge in [0.1, 0.15) is 16.5 Å². The van der Waals surface area contributed by atoms with Crippen LogP contribution < -0.4 is 0 Å². The van der Waals surface area contributed by atoms with Gasteiger partial charge >= 0.3 is 0 Å². The molecule has 0 aliphatic heterocycles. The zero-order valence-corrected chi connectivity index (χ0v) is 11.6. The summed E-state index contributed by atoms with van der Waals surface area (Å²) in [5.74, 6) is 0.692. The quantitative estimate of drug-likeness (QED) is 0.676. The van der Waals surface area contributed by atoms with Gasteiger partial charge in [-0.2, -0.15) is 5.10 Å². The molecule has 4 nitrogen and oxygen atoms in total. The van der Waals surface area contributed by atoms with Crippen LogP contribution in [0.15, 0.2) is 18.5 Å². The summed E-state index contributed by atoms with van der Waals surface area (Å²) in [5, 5.41) is 5.65. The lowest BCUT2D eigenvalue weighted by Gasteiger charge is -2.02. The topological polar surface area (TPSA) is 43.6 Å². The van der Waals surface area contributed by atoms with Gasteiger partial charge in [-0.25, -0.2) is 9.97 Å². The van der Waals surface area contributed by atoms with Crippen LogP contribution in [0.4, 0.5) is 0 Å². The van der Waals surface area contributed by atoms with Gasteiger partial charge in [0, 0.05) is 17.3 Å². The monoisotopic (exact) mass is 278 g/mol. The Morgan fingerprint density at radius 1 is 1.33 bits per heavy atom. The zero-order valence-electron chi connectivity index (χ0n) is 10.0. The number of halogens is 1. The Hall–Kier alpha value is -1.46. The molecule has 3 heterocycles. The Morgan fingerprint density at radius 3 is 2.89 bits per heavy atom. The van der Waals surface area contributed by atoms with Crippen molar-refractivity contribution in [1.82, 2.24) is 19.7 Å². The second-order valence-electron chi connectivity index (χ2n) is 4.10. The fourth-order valence-electron chi connectivity index (χ4n) is 1.85. The van der Waals surface area contributed by atoms with Crippen molar-refractivity contribution in [3.8, 4) is 0 Å². The number of thiophene rings is 1. The summed E-state index contributed by atoms with van der Waals surface area (Å²) >= 11 is 7.90. The number of rotatable bonds is 2. The van der Waals surface area contributed by atoms with Gasteiger partial charge in [0.2, 0.25) is 0 Å². The molecule has 0 atom stereocenters. The summed E-state index contributed by atoms with van der Waals surface area (Å²) < 4.78 is 1.78. The van der Waals surface area contributed by atoms with Crippen molar-refractivity contribution in [2.45, 2.75) is 20.4 Å². The molecule has 92 valence electrons. The minimum atomic E-state index is 0.531. The van der Waals surface area contributed by atoms with Crippen LogP contribution in [0.2, 0.25) is 5.15 Å². The molecule has 0 saturated carbocycles. The highest BCUT2D eigenvalue weighted by atomic mass is 35.5. The summed E-state index contributed by atoms with van der Waals surface area (Å²) in [4.78, 5) is 11.1. The summed E-state index contributed by atoms with van der Waals surface area (Å²) in [6, 6.07) is 1.87. The predicted molar refractivity (Wildman–Crippen MR) is 73.2 cm³/mol. The molecule has 0 fully saturated rings. The second kappa shape index (κ2) is 4.33. The fourth-order valence-corrected chi connectivity index (χ4v) is 3.28. The first-order chi connectivity index (χ1) is 8.65. The normalized spacial score (nSPS) is 11.3. The van der Waals surface area contributed by atoms with E-state index in [0.717, 1.165) is 10.2 Å². The summed E-state index contributed by atoms with van der Waals surface area (Å²) in [6.07, 6.45) is 3.62. The highest BCUT2D eigenvalue weighted by molar-refractivity contribution is 7.18. The fraction of sp³-hybridized carbons (Fsp3) is 0.250. The van der Waals surface area contributed by atoms with Gasteiger partial charge in [-0.15, -0.1) is 11.3 Å². The number of hydrogen-bond acceptors (Lipinski definition) is 4. The van der Waals surface area contributed by atoms with Crippen LogP contribution in [0.25, 0.3) is 10.2 Å². The van der Waals surface area contributed by atoms with Gasteiger partial charge in [0.25, 0.3) is 0 Å². The third-order valence-corrected chi connectivity index (χ3v) is 4.27. The molecule has 0 bridgehead atoms. The van der Waals surface area contributed by atoms with Gasteiger partial charge in [-0.05, 0) is 25.5 Å². The molecule has 0 N–H and O–H groups in total. The molecule has 0 spiro atoms. The van der Waals surface area contributed by atoms with Gasteiger partial charge in [-0.3, -0.25) is 4.68 Å². The molecule has 0 aliphatic rings. The van der Waals surface area contributed by atoms with E-state index in [0.29, 0.717) is 17.5 Å². The Morgan fingerprint density at radius 2 is 2.17 bits per heavy atom. The molecule has 3 aromatic rings. The van der Waals surface area contributed by atoms with Crippen molar-refractivity contribution in [3.05, 3.63) is 39.9 Å². The molecule has 3 rings (SSSR count). The molecule has 18 heavy (non-hydrogen) atoms. The first kappa shape index (κ1) is 11.6. The first-order valence-electron chi connectivity index (χ1n) is 5.54. The van der Waals surface area contributed by atoms with E-state index >= 15 is 0 Å². The molecule has 3 aromatic heterocycles. The van der Waals surface area contributed by atoms with E-state index in [-0.39, 0.29) is 0 Å². The van der Waals surface area contributed by atoms with Gasteiger partial charge in [0.05, 0.1) is 5.39 Å². The third kappa shape index (κ3) is 1.89. The van der Waals surface area contributed by atoms with Crippen LogP contribution in [-0.2, 0) is 6.54 Å². The molecule has 6 heteroatoms. The van der Waals surface area contributed by atoms with Crippen molar-refractivity contribution < 1.29 is 0 Å². The van der Waals surface area contributed by atoms with Crippen LogP contribution in [0.3, 0.4) is 0 Å². The van der Waals surface area contributed by atoms with Crippen molar-refractivity contribution in [1.29, 1.82) is 0 Å². The Balaban J connectivity index is 2.10. The third-order valence-electron chi connectivity index (χ3n) is 2.89. The van der Waals surface area contributed by atoms with Crippen LogP contribution in [0, 0.1) is 13.8 Å². The van der Waals surface area contributed by atoms with E-state index in [2.05, 4.69) is 28.9 Å². The Bertz CT molecular complexity index is 703. The van der Waals surface area contributed by atoms with Gasteiger partial charge < -0.3 is 0 Å². The Labute approximate surface area is 113 Å². The highest BCUT2D eigenvalue weighted by Crippen LogP contribution is 2.32. The molecule has 0 saturated heterocycles. The number of nitrogens with zero attached hydrogens (tertiary/aromatic N) is 4. The minimum Gasteiger partial charge on any atom is -0.265 e. The lowest BCUT2D eigenvalue weighted by atomic mass is 10.2. The van der Waals surface area contributed by atoms with E-state index in [1.165, 1.54) is 10.4 Å². The number of hydrogen-bond donors (Lipinski definition) is 0. The lowest BCUT2D eigenvalue weighted by Crippen LogP contribution is -2.04. The number of fused-ring (bicyclic) bond motifs is 1. The second-order valence-corrected chi connectivity index (χ2v) is 5.66.